The second-order valence-electron chi connectivity index (χ2n) is 6.93. The van der Waals surface area contributed by atoms with Gasteiger partial charge in [-0.25, -0.2) is 0 Å². The van der Waals surface area contributed by atoms with Crippen LogP contribution in [0.3, 0.4) is 0 Å². The van der Waals surface area contributed by atoms with Crippen LogP contribution in [0.2, 0.25) is 0 Å². The maximum atomic E-state index is 13.5. The molecule has 2 atom stereocenters. The SMILES string of the molecule is N#Cc1cccc(CN2C[C@@H](C(F)(F)F)[C@H](C(=O)N3CCS(=O)CC3)C2)c1. The van der Waals surface area contributed by atoms with Gasteiger partial charge in [-0.3, -0.25) is 13.9 Å². The number of alkyl halides is 3. The summed E-state index contributed by atoms with van der Waals surface area (Å²) in [5, 5.41) is 8.97. The molecule has 27 heavy (non-hydrogen) atoms. The van der Waals surface area contributed by atoms with Gasteiger partial charge in [0.1, 0.15) is 0 Å². The Morgan fingerprint density at radius 1 is 1.26 bits per heavy atom. The van der Waals surface area contributed by atoms with Crippen molar-refractivity contribution in [1.82, 2.24) is 9.80 Å². The highest BCUT2D eigenvalue weighted by Crippen LogP contribution is 2.39. The van der Waals surface area contributed by atoms with Crippen molar-refractivity contribution in [1.29, 1.82) is 5.26 Å². The summed E-state index contributed by atoms with van der Waals surface area (Å²) in [6.45, 7) is 0.541. The highest BCUT2D eigenvalue weighted by Gasteiger charge is 2.53. The summed E-state index contributed by atoms with van der Waals surface area (Å²) in [7, 11) is -0.994. The van der Waals surface area contributed by atoms with Crippen molar-refractivity contribution in [3.63, 3.8) is 0 Å². The van der Waals surface area contributed by atoms with Crippen LogP contribution in [0, 0.1) is 23.2 Å². The van der Waals surface area contributed by atoms with E-state index in [2.05, 4.69) is 0 Å². The zero-order valence-corrected chi connectivity index (χ0v) is 15.4. The minimum absolute atomic E-state index is 0.0272. The number of nitriles is 1. The maximum absolute atomic E-state index is 13.5. The average Bonchev–Trinajstić information content (AvgIpc) is 3.06. The lowest BCUT2D eigenvalue weighted by molar-refractivity contribution is -0.186. The number of likely N-dealkylation sites (tertiary alicyclic amines) is 1. The lowest BCUT2D eigenvalue weighted by atomic mass is 9.94. The summed E-state index contributed by atoms with van der Waals surface area (Å²) in [6, 6.07) is 8.76. The molecule has 1 aromatic rings. The van der Waals surface area contributed by atoms with Crippen LogP contribution in [0.4, 0.5) is 13.2 Å². The Labute approximate surface area is 158 Å². The Morgan fingerprint density at radius 2 is 1.96 bits per heavy atom. The molecule has 0 bridgehead atoms. The molecule has 0 unspecified atom stereocenters. The largest absolute Gasteiger partial charge is 0.393 e. The van der Waals surface area contributed by atoms with Gasteiger partial charge in [-0.1, -0.05) is 12.1 Å². The molecule has 0 N–H and O–H groups in total. The number of halogens is 3. The number of benzene rings is 1. The Balaban J connectivity index is 1.73. The number of hydrogen-bond acceptors (Lipinski definition) is 4. The number of nitrogens with zero attached hydrogens (tertiary/aromatic N) is 3. The molecule has 2 aliphatic heterocycles. The first kappa shape index (κ1) is 19.8. The van der Waals surface area contributed by atoms with E-state index in [1.807, 2.05) is 6.07 Å². The van der Waals surface area contributed by atoms with E-state index in [9.17, 15) is 22.2 Å². The number of amides is 1. The molecule has 3 rings (SSSR count). The van der Waals surface area contributed by atoms with Gasteiger partial charge in [0.25, 0.3) is 0 Å². The predicted molar refractivity (Wildman–Crippen MR) is 93.9 cm³/mol. The summed E-state index contributed by atoms with van der Waals surface area (Å²) >= 11 is 0. The molecule has 2 saturated heterocycles. The van der Waals surface area contributed by atoms with Crippen LogP contribution in [0.1, 0.15) is 11.1 Å². The first-order valence-corrected chi connectivity index (χ1v) is 10.2. The first-order chi connectivity index (χ1) is 12.8. The van der Waals surface area contributed by atoms with E-state index in [1.165, 1.54) is 4.90 Å². The minimum atomic E-state index is -4.46. The van der Waals surface area contributed by atoms with Crippen LogP contribution < -0.4 is 0 Å². The van der Waals surface area contributed by atoms with E-state index < -0.39 is 34.7 Å². The zero-order chi connectivity index (χ0) is 19.6. The molecule has 2 fully saturated rings. The van der Waals surface area contributed by atoms with E-state index in [4.69, 9.17) is 5.26 Å². The van der Waals surface area contributed by atoms with Crippen LogP contribution in [0.5, 0.6) is 0 Å². The van der Waals surface area contributed by atoms with Crippen LogP contribution in [-0.4, -0.2) is 63.8 Å². The molecule has 0 spiro atoms. The Kier molecular flexibility index (Phi) is 5.86. The summed E-state index contributed by atoms with van der Waals surface area (Å²) in [5.41, 5.74) is 1.20. The summed E-state index contributed by atoms with van der Waals surface area (Å²) in [6.07, 6.45) is -4.46. The monoisotopic (exact) mass is 399 g/mol. The summed E-state index contributed by atoms with van der Waals surface area (Å²) in [4.78, 5) is 15.8. The van der Waals surface area contributed by atoms with Crippen LogP contribution in [-0.2, 0) is 22.1 Å². The van der Waals surface area contributed by atoms with Crippen molar-refractivity contribution >= 4 is 16.7 Å². The number of carbonyl (C=O) groups excluding carboxylic acids is 1. The Hall–Kier alpha value is -1.92. The highest BCUT2D eigenvalue weighted by atomic mass is 32.2. The molecule has 0 radical (unpaired) electrons. The molecule has 5 nitrogen and oxygen atoms in total. The van der Waals surface area contributed by atoms with E-state index in [1.54, 1.807) is 29.2 Å². The van der Waals surface area contributed by atoms with Crippen LogP contribution in [0.25, 0.3) is 0 Å². The molecule has 1 aromatic carbocycles. The van der Waals surface area contributed by atoms with Gasteiger partial charge in [0.05, 0.1) is 23.5 Å². The standard InChI is InChI=1S/C18H20F3N3O2S/c19-18(20,21)16-12-23(10-14-3-1-2-13(8-14)9-22)11-15(16)17(25)24-4-6-27(26)7-5-24/h1-3,8,15-16H,4-7,10-12H2/t15-,16-/m1/s1. The number of carbonyl (C=O) groups is 1. The topological polar surface area (TPSA) is 64.4 Å². The van der Waals surface area contributed by atoms with Crippen molar-refractivity contribution < 1.29 is 22.2 Å². The minimum Gasteiger partial charge on any atom is -0.341 e. The van der Waals surface area contributed by atoms with Crippen LogP contribution in [0.15, 0.2) is 24.3 Å². The molecule has 0 saturated carbocycles. The average molecular weight is 399 g/mol. The van der Waals surface area contributed by atoms with Gasteiger partial charge in [-0.05, 0) is 17.7 Å². The van der Waals surface area contributed by atoms with Gasteiger partial charge >= 0.3 is 6.18 Å². The van der Waals surface area contributed by atoms with Gasteiger partial charge in [0, 0.05) is 55.0 Å². The fourth-order valence-electron chi connectivity index (χ4n) is 3.69. The fraction of sp³-hybridized carbons (Fsp3) is 0.556. The van der Waals surface area contributed by atoms with Gasteiger partial charge in [-0.15, -0.1) is 0 Å². The first-order valence-electron chi connectivity index (χ1n) is 8.70. The summed E-state index contributed by atoms with van der Waals surface area (Å²) in [5.74, 6) is -2.71. The van der Waals surface area contributed by atoms with E-state index >= 15 is 0 Å². The van der Waals surface area contributed by atoms with E-state index in [0.29, 0.717) is 17.1 Å². The molecule has 2 aliphatic rings. The van der Waals surface area contributed by atoms with Gasteiger partial charge in [0.15, 0.2) is 0 Å². The third-order valence-corrected chi connectivity index (χ3v) is 6.36. The zero-order valence-electron chi connectivity index (χ0n) is 14.6. The van der Waals surface area contributed by atoms with Gasteiger partial charge in [0.2, 0.25) is 5.91 Å². The van der Waals surface area contributed by atoms with Crippen molar-refractivity contribution in [3.8, 4) is 6.07 Å². The Bertz CT molecular complexity index is 768. The lowest BCUT2D eigenvalue weighted by Crippen LogP contribution is -2.47. The van der Waals surface area contributed by atoms with Gasteiger partial charge in [-0.2, -0.15) is 18.4 Å². The predicted octanol–water partition coefficient (Wildman–Crippen LogP) is 1.76. The molecular formula is C18H20F3N3O2S. The van der Waals surface area contributed by atoms with Crippen molar-refractivity contribution in [2.24, 2.45) is 11.8 Å². The van der Waals surface area contributed by atoms with Crippen molar-refractivity contribution in [2.75, 3.05) is 37.7 Å². The smallest absolute Gasteiger partial charge is 0.341 e. The number of hydrogen-bond donors (Lipinski definition) is 0. The third-order valence-electron chi connectivity index (χ3n) is 5.08. The quantitative estimate of drug-likeness (QED) is 0.777. The second-order valence-corrected chi connectivity index (χ2v) is 8.63. The summed E-state index contributed by atoms with van der Waals surface area (Å²) < 4.78 is 52.1. The van der Waals surface area contributed by atoms with E-state index in [0.717, 1.165) is 5.56 Å². The highest BCUT2D eigenvalue weighted by molar-refractivity contribution is 7.85. The van der Waals surface area contributed by atoms with Crippen molar-refractivity contribution in [3.05, 3.63) is 35.4 Å². The lowest BCUT2D eigenvalue weighted by Gasteiger charge is -2.31. The molecular weight excluding hydrogens is 379 g/mol. The molecule has 146 valence electrons. The molecule has 1 amide bonds. The Morgan fingerprint density at radius 3 is 2.59 bits per heavy atom. The van der Waals surface area contributed by atoms with Crippen molar-refractivity contribution in [2.45, 2.75) is 12.7 Å². The number of rotatable bonds is 3. The van der Waals surface area contributed by atoms with E-state index in [-0.39, 0.29) is 32.7 Å². The van der Waals surface area contributed by atoms with Crippen LogP contribution >= 0.6 is 0 Å². The molecule has 0 aromatic heterocycles. The second kappa shape index (κ2) is 7.98. The fourth-order valence-corrected chi connectivity index (χ4v) is 4.74. The normalized spacial score (nSPS) is 24.7. The molecule has 2 heterocycles. The third kappa shape index (κ3) is 4.68. The molecule has 9 heteroatoms. The maximum Gasteiger partial charge on any atom is 0.393 e. The molecule has 0 aliphatic carbocycles. The van der Waals surface area contributed by atoms with Gasteiger partial charge < -0.3 is 4.90 Å².